The molecule has 0 amide bonds. The van der Waals surface area contributed by atoms with Gasteiger partial charge in [0, 0.05) is 5.56 Å². The van der Waals surface area contributed by atoms with Crippen LogP contribution in [-0.4, -0.2) is 34.2 Å². The fraction of sp³-hybridized carbons (Fsp3) is 0.167. The highest BCUT2D eigenvalue weighted by atomic mass is 19.4. The molecule has 0 N–H and O–H groups in total. The van der Waals surface area contributed by atoms with Gasteiger partial charge in [-0.05, 0) is 55.0 Å². The van der Waals surface area contributed by atoms with Gasteiger partial charge in [0.25, 0.3) is 0 Å². The van der Waals surface area contributed by atoms with Crippen LogP contribution in [0.2, 0.25) is 0 Å². The van der Waals surface area contributed by atoms with Gasteiger partial charge in [-0.1, -0.05) is 0 Å². The van der Waals surface area contributed by atoms with Gasteiger partial charge in [-0.15, -0.1) is 18.3 Å². The Morgan fingerprint density at radius 3 is 2.41 bits per heavy atom. The highest BCUT2D eigenvalue weighted by Crippen LogP contribution is 2.25. The van der Waals surface area contributed by atoms with E-state index in [1.165, 1.54) is 42.4 Å². The van der Waals surface area contributed by atoms with Crippen molar-refractivity contribution < 1.29 is 27.4 Å². The van der Waals surface area contributed by atoms with Crippen LogP contribution in [-0.2, 0) is 4.74 Å². The van der Waals surface area contributed by atoms with E-state index in [0.717, 1.165) is 11.1 Å². The molecule has 1 aromatic heterocycles. The van der Waals surface area contributed by atoms with Gasteiger partial charge in [0.05, 0.1) is 18.4 Å². The Labute approximate surface area is 152 Å². The summed E-state index contributed by atoms with van der Waals surface area (Å²) in [6.45, 7) is 1.81. The summed E-state index contributed by atoms with van der Waals surface area (Å²) in [7, 11) is 1.31. The van der Waals surface area contributed by atoms with Crippen LogP contribution < -0.4 is 4.74 Å². The first-order chi connectivity index (χ1) is 12.8. The van der Waals surface area contributed by atoms with E-state index in [4.69, 9.17) is 0 Å². The summed E-state index contributed by atoms with van der Waals surface area (Å²) in [6, 6.07) is 10.3. The molecule has 2 aromatic carbocycles. The SMILES string of the molecule is COC(=O)c1ccc(-c2ncn(-c3ccc(OC(F)(F)F)cc3)n2)c(C)c1. The maximum Gasteiger partial charge on any atom is 0.573 e. The molecule has 0 aliphatic rings. The Bertz CT molecular complexity index is 966. The number of alkyl halides is 3. The number of benzene rings is 2. The predicted molar refractivity (Wildman–Crippen MR) is 89.6 cm³/mol. The number of nitrogens with zero attached hydrogens (tertiary/aromatic N) is 3. The van der Waals surface area contributed by atoms with Crippen molar-refractivity contribution in [3.05, 3.63) is 59.9 Å². The summed E-state index contributed by atoms with van der Waals surface area (Å²) < 4.78 is 46.6. The van der Waals surface area contributed by atoms with Crippen molar-refractivity contribution in [1.29, 1.82) is 0 Å². The van der Waals surface area contributed by atoms with E-state index in [-0.39, 0.29) is 5.75 Å². The second-order valence-electron chi connectivity index (χ2n) is 5.58. The van der Waals surface area contributed by atoms with Crippen molar-refractivity contribution in [2.75, 3.05) is 7.11 Å². The lowest BCUT2D eigenvalue weighted by molar-refractivity contribution is -0.274. The molecule has 27 heavy (non-hydrogen) atoms. The first-order valence-corrected chi connectivity index (χ1v) is 7.74. The number of aromatic nitrogens is 3. The van der Waals surface area contributed by atoms with Gasteiger partial charge in [0.2, 0.25) is 0 Å². The van der Waals surface area contributed by atoms with Crippen LogP contribution in [0.1, 0.15) is 15.9 Å². The number of carbonyl (C=O) groups is 1. The van der Waals surface area contributed by atoms with E-state index in [1.807, 2.05) is 6.92 Å². The molecule has 0 saturated carbocycles. The van der Waals surface area contributed by atoms with Gasteiger partial charge < -0.3 is 9.47 Å². The third kappa shape index (κ3) is 4.25. The Hall–Kier alpha value is -3.36. The quantitative estimate of drug-likeness (QED) is 0.645. The minimum absolute atomic E-state index is 0.319. The number of halogens is 3. The normalized spacial score (nSPS) is 11.3. The molecule has 0 bridgehead atoms. The smallest absolute Gasteiger partial charge is 0.465 e. The van der Waals surface area contributed by atoms with Crippen molar-refractivity contribution in [2.45, 2.75) is 13.3 Å². The molecule has 0 saturated heterocycles. The maximum atomic E-state index is 12.2. The molecule has 6 nitrogen and oxygen atoms in total. The van der Waals surface area contributed by atoms with Crippen LogP contribution in [0.25, 0.3) is 17.1 Å². The summed E-state index contributed by atoms with van der Waals surface area (Å²) in [5, 5.41) is 4.34. The van der Waals surface area contributed by atoms with Gasteiger partial charge in [0.15, 0.2) is 5.82 Å². The van der Waals surface area contributed by atoms with Gasteiger partial charge in [0.1, 0.15) is 12.1 Å². The van der Waals surface area contributed by atoms with Crippen LogP contribution in [0.4, 0.5) is 13.2 Å². The zero-order valence-electron chi connectivity index (χ0n) is 14.3. The lowest BCUT2D eigenvalue weighted by atomic mass is 10.0. The molecule has 9 heteroatoms. The zero-order chi connectivity index (χ0) is 19.6. The monoisotopic (exact) mass is 377 g/mol. The van der Waals surface area contributed by atoms with Gasteiger partial charge >= 0.3 is 12.3 Å². The highest BCUT2D eigenvalue weighted by Gasteiger charge is 2.31. The Balaban J connectivity index is 1.84. The van der Waals surface area contributed by atoms with Crippen molar-refractivity contribution in [2.24, 2.45) is 0 Å². The summed E-state index contributed by atoms with van der Waals surface area (Å²) >= 11 is 0. The van der Waals surface area contributed by atoms with E-state index in [0.29, 0.717) is 17.1 Å². The molecule has 0 spiro atoms. The third-order valence-electron chi connectivity index (χ3n) is 3.72. The number of hydrogen-bond acceptors (Lipinski definition) is 5. The molecule has 1 heterocycles. The van der Waals surface area contributed by atoms with Crippen LogP contribution in [0.15, 0.2) is 48.8 Å². The molecule has 0 aliphatic heterocycles. The number of hydrogen-bond donors (Lipinski definition) is 0. The third-order valence-corrected chi connectivity index (χ3v) is 3.72. The van der Waals surface area contributed by atoms with Crippen LogP contribution in [0.5, 0.6) is 5.75 Å². The summed E-state index contributed by atoms with van der Waals surface area (Å²) in [6.07, 6.45) is -3.29. The number of esters is 1. The Morgan fingerprint density at radius 1 is 1.11 bits per heavy atom. The van der Waals surface area contributed by atoms with Crippen molar-refractivity contribution in [1.82, 2.24) is 14.8 Å². The van der Waals surface area contributed by atoms with Gasteiger partial charge in [-0.2, -0.15) is 0 Å². The summed E-state index contributed by atoms with van der Waals surface area (Å²) in [5.41, 5.74) is 2.44. The van der Waals surface area contributed by atoms with E-state index in [2.05, 4.69) is 19.6 Å². The molecule has 3 aromatic rings. The summed E-state index contributed by atoms with van der Waals surface area (Å²) in [5.74, 6) is -0.343. The fourth-order valence-electron chi connectivity index (χ4n) is 2.47. The number of ether oxygens (including phenoxy) is 2. The van der Waals surface area contributed by atoms with Crippen LogP contribution >= 0.6 is 0 Å². The topological polar surface area (TPSA) is 66.2 Å². The molecule has 140 valence electrons. The highest BCUT2D eigenvalue weighted by molar-refractivity contribution is 5.90. The summed E-state index contributed by atoms with van der Waals surface area (Å²) in [4.78, 5) is 15.8. The number of aryl methyl sites for hydroxylation is 1. The molecule has 0 atom stereocenters. The molecular weight excluding hydrogens is 363 g/mol. The number of rotatable bonds is 4. The number of carbonyl (C=O) groups excluding carboxylic acids is 1. The van der Waals surface area contributed by atoms with Crippen molar-refractivity contribution >= 4 is 5.97 Å². The number of methoxy groups -OCH3 is 1. The first kappa shape index (κ1) is 18.4. The minimum Gasteiger partial charge on any atom is -0.465 e. The van der Waals surface area contributed by atoms with Crippen LogP contribution in [0, 0.1) is 6.92 Å². The van der Waals surface area contributed by atoms with Gasteiger partial charge in [-0.25, -0.2) is 14.5 Å². The molecular formula is C18H14F3N3O3. The molecule has 0 unspecified atom stereocenters. The molecule has 0 radical (unpaired) electrons. The van der Waals surface area contributed by atoms with Gasteiger partial charge in [-0.3, -0.25) is 0 Å². The minimum atomic E-state index is -4.74. The van der Waals surface area contributed by atoms with Crippen molar-refractivity contribution in [3.8, 4) is 22.8 Å². The van der Waals surface area contributed by atoms with E-state index in [1.54, 1.807) is 18.2 Å². The Morgan fingerprint density at radius 2 is 1.81 bits per heavy atom. The second kappa shape index (κ2) is 7.10. The van der Waals surface area contributed by atoms with E-state index in [9.17, 15) is 18.0 Å². The first-order valence-electron chi connectivity index (χ1n) is 7.74. The lowest BCUT2D eigenvalue weighted by Crippen LogP contribution is -2.17. The molecule has 0 fully saturated rings. The average molecular weight is 377 g/mol. The Kier molecular flexibility index (Phi) is 4.85. The van der Waals surface area contributed by atoms with Crippen molar-refractivity contribution in [3.63, 3.8) is 0 Å². The second-order valence-corrected chi connectivity index (χ2v) is 5.58. The standard InChI is InChI=1S/C18H14F3N3O3/c1-11-9-12(17(25)26-2)3-8-15(11)16-22-10-24(23-16)13-4-6-14(7-5-13)27-18(19,20)21/h3-10H,1-2H3. The molecule has 3 rings (SSSR count). The predicted octanol–water partition coefficient (Wildman–Crippen LogP) is 3.93. The molecule has 0 aliphatic carbocycles. The average Bonchev–Trinajstić information content (AvgIpc) is 3.10. The zero-order valence-corrected chi connectivity index (χ0v) is 14.3. The van der Waals surface area contributed by atoms with E-state index < -0.39 is 12.3 Å². The van der Waals surface area contributed by atoms with E-state index >= 15 is 0 Å². The largest absolute Gasteiger partial charge is 0.573 e. The van der Waals surface area contributed by atoms with Crippen LogP contribution in [0.3, 0.4) is 0 Å². The lowest BCUT2D eigenvalue weighted by Gasteiger charge is -2.09. The maximum absolute atomic E-state index is 12.2. The fourth-order valence-corrected chi connectivity index (χ4v) is 2.47.